The number of rotatable bonds is 3. The molecule has 3 rings (SSSR count). The largest absolute Gasteiger partial charge is 0.293 e. The van der Waals surface area contributed by atoms with Crippen LogP contribution < -0.4 is 5.56 Å². The fourth-order valence-electron chi connectivity index (χ4n) is 2.39. The standard InChI is InChI=1S/C17H15ClN2OS/c1-10-4-5-13(6-11(10)2)14-8-22-16-15(14)17(21)20(9-19-16)7-12(3)18/h4-6,8-9H,3,7H2,1-2H3. The van der Waals surface area contributed by atoms with Crippen molar-refractivity contribution in [2.45, 2.75) is 20.4 Å². The van der Waals surface area contributed by atoms with Crippen molar-refractivity contribution in [1.29, 1.82) is 0 Å². The van der Waals surface area contributed by atoms with Crippen molar-refractivity contribution in [2.24, 2.45) is 0 Å². The molecule has 3 nitrogen and oxygen atoms in total. The zero-order valence-corrected chi connectivity index (χ0v) is 14.0. The van der Waals surface area contributed by atoms with Crippen LogP contribution in [-0.2, 0) is 6.54 Å². The summed E-state index contributed by atoms with van der Waals surface area (Å²) in [5.41, 5.74) is 4.32. The highest BCUT2D eigenvalue weighted by atomic mass is 35.5. The highest BCUT2D eigenvalue weighted by molar-refractivity contribution is 7.17. The zero-order valence-electron chi connectivity index (χ0n) is 12.4. The lowest BCUT2D eigenvalue weighted by atomic mass is 10.0. The number of hydrogen-bond acceptors (Lipinski definition) is 3. The summed E-state index contributed by atoms with van der Waals surface area (Å²) < 4.78 is 1.49. The molecule has 1 aromatic carbocycles. The molecule has 0 unspecified atom stereocenters. The fraction of sp³-hybridized carbons (Fsp3) is 0.176. The number of aromatic nitrogens is 2. The molecule has 0 bridgehead atoms. The monoisotopic (exact) mass is 330 g/mol. The molecular weight excluding hydrogens is 316 g/mol. The number of halogens is 1. The average molecular weight is 331 g/mol. The molecule has 0 fully saturated rings. The van der Waals surface area contributed by atoms with Crippen molar-refractivity contribution in [3.05, 3.63) is 63.0 Å². The predicted octanol–water partition coefficient (Wildman–Crippen LogP) is 4.49. The molecule has 0 saturated heterocycles. The maximum atomic E-state index is 12.7. The summed E-state index contributed by atoms with van der Waals surface area (Å²) in [5, 5.41) is 3.04. The van der Waals surface area contributed by atoms with Crippen LogP contribution in [0.3, 0.4) is 0 Å². The third-order valence-electron chi connectivity index (χ3n) is 3.72. The van der Waals surface area contributed by atoms with Crippen molar-refractivity contribution in [3.8, 4) is 11.1 Å². The van der Waals surface area contributed by atoms with E-state index in [2.05, 4.69) is 37.5 Å². The first-order valence-corrected chi connectivity index (χ1v) is 8.10. The Hall–Kier alpha value is -1.91. The minimum atomic E-state index is -0.0821. The van der Waals surface area contributed by atoms with Crippen LogP contribution >= 0.6 is 22.9 Å². The maximum absolute atomic E-state index is 12.7. The van der Waals surface area contributed by atoms with Gasteiger partial charge in [-0.25, -0.2) is 4.98 Å². The molecule has 0 saturated carbocycles. The third kappa shape index (κ3) is 2.60. The van der Waals surface area contributed by atoms with E-state index in [9.17, 15) is 4.79 Å². The molecule has 0 spiro atoms. The van der Waals surface area contributed by atoms with E-state index in [-0.39, 0.29) is 12.1 Å². The van der Waals surface area contributed by atoms with Gasteiger partial charge < -0.3 is 0 Å². The maximum Gasteiger partial charge on any atom is 0.263 e. The van der Waals surface area contributed by atoms with Crippen LogP contribution in [0.25, 0.3) is 21.3 Å². The Balaban J connectivity index is 2.24. The summed E-state index contributed by atoms with van der Waals surface area (Å²) in [6.45, 7) is 8.06. The molecule has 2 heterocycles. The van der Waals surface area contributed by atoms with Crippen LogP contribution in [0.4, 0.5) is 0 Å². The second kappa shape index (κ2) is 5.71. The van der Waals surface area contributed by atoms with Crippen molar-refractivity contribution in [1.82, 2.24) is 9.55 Å². The summed E-state index contributed by atoms with van der Waals surface area (Å²) in [4.78, 5) is 17.8. The van der Waals surface area contributed by atoms with Crippen molar-refractivity contribution in [3.63, 3.8) is 0 Å². The number of benzene rings is 1. The van der Waals surface area contributed by atoms with E-state index in [0.717, 1.165) is 16.0 Å². The summed E-state index contributed by atoms with van der Waals surface area (Å²) in [5.74, 6) is 0. The van der Waals surface area contributed by atoms with Gasteiger partial charge in [-0.1, -0.05) is 36.4 Å². The molecule has 0 radical (unpaired) electrons. The van der Waals surface area contributed by atoms with E-state index in [1.54, 1.807) is 0 Å². The Morgan fingerprint density at radius 3 is 2.82 bits per heavy atom. The van der Waals surface area contributed by atoms with Gasteiger partial charge in [0, 0.05) is 16.0 Å². The minimum absolute atomic E-state index is 0.0821. The number of hydrogen-bond donors (Lipinski definition) is 0. The van der Waals surface area contributed by atoms with Crippen molar-refractivity contribution >= 4 is 33.2 Å². The second-order valence-electron chi connectivity index (χ2n) is 5.32. The Morgan fingerprint density at radius 1 is 1.36 bits per heavy atom. The van der Waals surface area contributed by atoms with Gasteiger partial charge in [0.05, 0.1) is 18.3 Å². The summed E-state index contributed by atoms with van der Waals surface area (Å²) in [6.07, 6.45) is 1.53. The van der Waals surface area contributed by atoms with Crippen LogP contribution in [0, 0.1) is 13.8 Å². The molecule has 22 heavy (non-hydrogen) atoms. The molecule has 5 heteroatoms. The Morgan fingerprint density at radius 2 is 2.14 bits per heavy atom. The van der Waals surface area contributed by atoms with Gasteiger partial charge in [-0.05, 0) is 30.5 Å². The molecule has 3 aromatic rings. The number of fused-ring (bicyclic) bond motifs is 1. The Bertz CT molecular complexity index is 939. The van der Waals surface area contributed by atoms with Crippen molar-refractivity contribution in [2.75, 3.05) is 0 Å². The van der Waals surface area contributed by atoms with Crippen LogP contribution in [0.15, 0.2) is 46.3 Å². The molecule has 0 atom stereocenters. The van der Waals surface area contributed by atoms with Gasteiger partial charge >= 0.3 is 0 Å². The number of thiophene rings is 1. The quantitative estimate of drug-likeness (QED) is 0.709. The Labute approximate surface area is 137 Å². The smallest absolute Gasteiger partial charge is 0.263 e. The average Bonchev–Trinajstić information content (AvgIpc) is 2.89. The summed E-state index contributed by atoms with van der Waals surface area (Å²) >= 11 is 7.31. The normalized spacial score (nSPS) is 11.0. The molecule has 0 N–H and O–H groups in total. The topological polar surface area (TPSA) is 34.9 Å². The minimum Gasteiger partial charge on any atom is -0.293 e. The van der Waals surface area contributed by atoms with Crippen LogP contribution in [0.2, 0.25) is 0 Å². The fourth-order valence-corrected chi connectivity index (χ4v) is 3.42. The van der Waals surface area contributed by atoms with Gasteiger partial charge in [0.2, 0.25) is 0 Å². The Kier molecular flexibility index (Phi) is 3.89. The number of aryl methyl sites for hydroxylation is 2. The van der Waals surface area contributed by atoms with E-state index in [0.29, 0.717) is 10.4 Å². The van der Waals surface area contributed by atoms with Gasteiger partial charge in [0.25, 0.3) is 5.56 Å². The highest BCUT2D eigenvalue weighted by Crippen LogP contribution is 2.31. The van der Waals surface area contributed by atoms with Gasteiger partial charge in [-0.3, -0.25) is 9.36 Å². The van der Waals surface area contributed by atoms with E-state index in [1.165, 1.54) is 33.4 Å². The van der Waals surface area contributed by atoms with Crippen LogP contribution in [-0.4, -0.2) is 9.55 Å². The SMILES string of the molecule is C=C(Cl)Cn1cnc2scc(-c3ccc(C)c(C)c3)c2c1=O. The van der Waals surface area contributed by atoms with Gasteiger partial charge in [-0.2, -0.15) is 0 Å². The molecular formula is C17H15ClN2OS. The third-order valence-corrected chi connectivity index (χ3v) is 4.73. The lowest BCUT2D eigenvalue weighted by Gasteiger charge is -2.06. The first kappa shape index (κ1) is 15.0. The first-order valence-electron chi connectivity index (χ1n) is 6.85. The number of nitrogens with zero attached hydrogens (tertiary/aromatic N) is 2. The molecule has 0 aliphatic carbocycles. The van der Waals surface area contributed by atoms with E-state index in [1.807, 2.05) is 11.4 Å². The van der Waals surface area contributed by atoms with Crippen LogP contribution in [0.5, 0.6) is 0 Å². The van der Waals surface area contributed by atoms with Gasteiger partial charge in [0.1, 0.15) is 4.83 Å². The highest BCUT2D eigenvalue weighted by Gasteiger charge is 2.13. The zero-order chi connectivity index (χ0) is 15.9. The molecule has 112 valence electrons. The van der Waals surface area contributed by atoms with Gasteiger partial charge in [0.15, 0.2) is 0 Å². The van der Waals surface area contributed by atoms with E-state index >= 15 is 0 Å². The number of allylic oxidation sites excluding steroid dienone is 1. The first-order chi connectivity index (χ1) is 10.5. The molecule has 2 aromatic heterocycles. The summed E-state index contributed by atoms with van der Waals surface area (Å²) in [7, 11) is 0. The van der Waals surface area contributed by atoms with Gasteiger partial charge in [-0.15, -0.1) is 11.3 Å². The lowest BCUT2D eigenvalue weighted by Crippen LogP contribution is -2.20. The van der Waals surface area contributed by atoms with Crippen molar-refractivity contribution < 1.29 is 0 Å². The second-order valence-corrected chi connectivity index (χ2v) is 6.72. The van der Waals surface area contributed by atoms with E-state index < -0.39 is 0 Å². The summed E-state index contributed by atoms with van der Waals surface area (Å²) in [6, 6.07) is 6.22. The predicted molar refractivity (Wildman–Crippen MR) is 93.8 cm³/mol. The molecule has 0 aliphatic rings. The van der Waals surface area contributed by atoms with E-state index in [4.69, 9.17) is 11.6 Å². The van der Waals surface area contributed by atoms with Crippen LogP contribution in [0.1, 0.15) is 11.1 Å². The lowest BCUT2D eigenvalue weighted by molar-refractivity contribution is 0.760. The molecule has 0 amide bonds. The molecule has 0 aliphatic heterocycles.